The van der Waals surface area contributed by atoms with Gasteiger partial charge in [-0.15, -0.1) is 0 Å². The van der Waals surface area contributed by atoms with Crippen molar-refractivity contribution in [1.29, 1.82) is 0 Å². The van der Waals surface area contributed by atoms with E-state index in [1.807, 2.05) is 20.8 Å². The van der Waals surface area contributed by atoms with Crippen molar-refractivity contribution < 1.29 is 14.3 Å². The van der Waals surface area contributed by atoms with Crippen LogP contribution in [-0.2, 0) is 14.3 Å². The minimum absolute atomic E-state index is 0.0409. The Morgan fingerprint density at radius 1 is 1.44 bits per heavy atom. The summed E-state index contributed by atoms with van der Waals surface area (Å²) in [6.07, 6.45) is 2.37. The van der Waals surface area contributed by atoms with Crippen molar-refractivity contribution in [2.24, 2.45) is 5.41 Å². The number of methoxy groups -OCH3 is 1. The highest BCUT2D eigenvalue weighted by Crippen LogP contribution is 2.25. The molecule has 0 N–H and O–H groups in total. The molecule has 0 aromatic heterocycles. The molecule has 0 saturated carbocycles. The number of carbonyl (C=O) groups is 2. The molecule has 1 rings (SSSR count). The van der Waals surface area contributed by atoms with Gasteiger partial charge in [0.1, 0.15) is 6.29 Å². The summed E-state index contributed by atoms with van der Waals surface area (Å²) in [7, 11) is 1.65. The van der Waals surface area contributed by atoms with Crippen LogP contribution in [0.2, 0.25) is 0 Å². The van der Waals surface area contributed by atoms with Gasteiger partial charge in [0.05, 0.1) is 12.1 Å². The highest BCUT2D eigenvalue weighted by Gasteiger charge is 2.36. The maximum Gasteiger partial charge on any atom is 0.228 e. The van der Waals surface area contributed by atoms with Crippen molar-refractivity contribution in [1.82, 2.24) is 4.90 Å². The normalized spacial score (nSPS) is 26.6. The van der Waals surface area contributed by atoms with Gasteiger partial charge >= 0.3 is 0 Å². The van der Waals surface area contributed by atoms with Crippen molar-refractivity contribution in [3.05, 3.63) is 0 Å². The predicted octanol–water partition coefficient (Wildman–Crippen LogP) is 1.24. The van der Waals surface area contributed by atoms with Gasteiger partial charge in [-0.1, -0.05) is 20.8 Å². The Hall–Kier alpha value is -0.900. The zero-order chi connectivity index (χ0) is 12.3. The first-order valence-electron chi connectivity index (χ1n) is 5.69. The molecule has 0 radical (unpaired) electrons. The quantitative estimate of drug-likeness (QED) is 0.667. The summed E-state index contributed by atoms with van der Waals surface area (Å²) >= 11 is 0. The minimum atomic E-state index is -0.429. The summed E-state index contributed by atoms with van der Waals surface area (Å²) in [5, 5.41) is 0. The Morgan fingerprint density at radius 2 is 2.06 bits per heavy atom. The summed E-state index contributed by atoms with van der Waals surface area (Å²) < 4.78 is 5.24. The first-order chi connectivity index (χ1) is 7.40. The van der Waals surface area contributed by atoms with Crippen molar-refractivity contribution in [2.75, 3.05) is 13.7 Å². The lowest BCUT2D eigenvalue weighted by Gasteiger charge is -2.39. The van der Waals surface area contributed by atoms with E-state index in [4.69, 9.17) is 4.74 Å². The third-order valence-corrected chi connectivity index (χ3v) is 2.99. The van der Waals surface area contributed by atoms with E-state index in [2.05, 4.69) is 0 Å². The van der Waals surface area contributed by atoms with Crippen LogP contribution in [0.25, 0.3) is 0 Å². The molecule has 4 heteroatoms. The van der Waals surface area contributed by atoms with Crippen molar-refractivity contribution in [2.45, 2.75) is 45.8 Å². The molecule has 1 fully saturated rings. The van der Waals surface area contributed by atoms with Gasteiger partial charge in [0.25, 0.3) is 0 Å². The van der Waals surface area contributed by atoms with Crippen LogP contribution in [0.15, 0.2) is 0 Å². The fourth-order valence-corrected chi connectivity index (χ4v) is 1.99. The van der Waals surface area contributed by atoms with Crippen molar-refractivity contribution in [3.63, 3.8) is 0 Å². The van der Waals surface area contributed by atoms with Crippen LogP contribution in [0.4, 0.5) is 0 Å². The second-order valence-electron chi connectivity index (χ2n) is 5.33. The number of amides is 1. The fraction of sp³-hybridized carbons (Fsp3) is 0.833. The van der Waals surface area contributed by atoms with Crippen LogP contribution in [-0.4, -0.2) is 42.9 Å². The topological polar surface area (TPSA) is 46.6 Å². The molecule has 1 aliphatic rings. The number of ether oxygens (including phenoxy) is 1. The molecule has 0 bridgehead atoms. The van der Waals surface area contributed by atoms with Crippen molar-refractivity contribution in [3.8, 4) is 0 Å². The molecular weight excluding hydrogens is 206 g/mol. The molecule has 4 nitrogen and oxygen atoms in total. The van der Waals surface area contributed by atoms with Gasteiger partial charge in [-0.2, -0.15) is 0 Å². The molecule has 0 aliphatic carbocycles. The Kier molecular flexibility index (Phi) is 4.08. The first kappa shape index (κ1) is 13.2. The molecule has 0 aromatic carbocycles. The van der Waals surface area contributed by atoms with Crippen LogP contribution in [0, 0.1) is 5.41 Å². The van der Waals surface area contributed by atoms with Gasteiger partial charge in [0, 0.05) is 25.5 Å². The molecule has 0 aromatic rings. The predicted molar refractivity (Wildman–Crippen MR) is 61.1 cm³/mol. The third kappa shape index (κ3) is 2.82. The van der Waals surface area contributed by atoms with E-state index in [1.54, 1.807) is 12.0 Å². The highest BCUT2D eigenvalue weighted by molar-refractivity contribution is 5.84. The standard InChI is InChI=1S/C12H21NO3/c1-12(2,3)11(15)13-6-5-10(16-4)7-9(13)8-14/h8-10H,5-7H2,1-4H3/t9-,10+/m0/s1. The lowest BCUT2D eigenvalue weighted by Crippen LogP contribution is -2.52. The van der Waals surface area contributed by atoms with Crippen molar-refractivity contribution >= 4 is 12.2 Å². The third-order valence-electron chi connectivity index (χ3n) is 2.99. The monoisotopic (exact) mass is 227 g/mol. The van der Waals surface area contributed by atoms with Gasteiger partial charge in [-0.25, -0.2) is 0 Å². The number of nitrogens with zero attached hydrogens (tertiary/aromatic N) is 1. The van der Waals surface area contributed by atoms with Crippen LogP contribution >= 0.6 is 0 Å². The summed E-state index contributed by atoms with van der Waals surface area (Å²) in [5.41, 5.74) is -0.429. The summed E-state index contributed by atoms with van der Waals surface area (Å²) in [5.74, 6) is 0.0409. The van der Waals surface area contributed by atoms with Gasteiger partial charge < -0.3 is 14.4 Å². The number of hydrogen-bond acceptors (Lipinski definition) is 3. The Morgan fingerprint density at radius 3 is 2.50 bits per heavy atom. The lowest BCUT2D eigenvalue weighted by atomic mass is 9.91. The van der Waals surface area contributed by atoms with E-state index in [0.717, 1.165) is 12.7 Å². The number of piperidine rings is 1. The van der Waals surface area contributed by atoms with E-state index in [-0.39, 0.29) is 18.1 Å². The second kappa shape index (κ2) is 4.95. The molecule has 1 amide bonds. The number of rotatable bonds is 2. The van der Waals surface area contributed by atoms with E-state index in [9.17, 15) is 9.59 Å². The Labute approximate surface area is 96.9 Å². The van der Waals surface area contributed by atoms with E-state index in [1.165, 1.54) is 0 Å². The minimum Gasteiger partial charge on any atom is -0.381 e. The summed E-state index contributed by atoms with van der Waals surface area (Å²) in [6, 6.07) is -0.328. The molecular formula is C12H21NO3. The van der Waals surface area contributed by atoms with Gasteiger partial charge in [0.2, 0.25) is 5.91 Å². The maximum atomic E-state index is 12.1. The molecule has 0 unspecified atom stereocenters. The SMILES string of the molecule is CO[C@@H]1CCN(C(=O)C(C)(C)C)[C@H](C=O)C1. The number of hydrogen-bond donors (Lipinski definition) is 0. The molecule has 92 valence electrons. The molecule has 2 atom stereocenters. The van der Waals surface area contributed by atoms with Gasteiger partial charge in [0.15, 0.2) is 0 Å². The van der Waals surface area contributed by atoms with E-state index < -0.39 is 5.41 Å². The molecule has 0 spiro atoms. The molecule has 16 heavy (non-hydrogen) atoms. The molecule has 1 heterocycles. The van der Waals surface area contributed by atoms with E-state index >= 15 is 0 Å². The Balaban J connectivity index is 2.74. The number of aldehydes is 1. The van der Waals surface area contributed by atoms with Gasteiger partial charge in [-0.3, -0.25) is 4.79 Å². The molecule has 1 saturated heterocycles. The van der Waals surface area contributed by atoms with Crippen LogP contribution < -0.4 is 0 Å². The van der Waals surface area contributed by atoms with E-state index in [0.29, 0.717) is 13.0 Å². The zero-order valence-corrected chi connectivity index (χ0v) is 10.5. The largest absolute Gasteiger partial charge is 0.381 e. The zero-order valence-electron chi connectivity index (χ0n) is 10.5. The highest BCUT2D eigenvalue weighted by atomic mass is 16.5. The maximum absolute atomic E-state index is 12.1. The number of likely N-dealkylation sites (tertiary alicyclic amines) is 1. The number of carbonyl (C=O) groups excluding carboxylic acids is 2. The lowest BCUT2D eigenvalue weighted by molar-refractivity contribution is -0.147. The van der Waals surface area contributed by atoms with Crippen LogP contribution in [0.5, 0.6) is 0 Å². The average Bonchev–Trinajstić information content (AvgIpc) is 2.26. The van der Waals surface area contributed by atoms with Crippen LogP contribution in [0.3, 0.4) is 0 Å². The Bertz CT molecular complexity index is 270. The molecule has 1 aliphatic heterocycles. The summed E-state index contributed by atoms with van der Waals surface area (Å²) in [4.78, 5) is 24.8. The van der Waals surface area contributed by atoms with Gasteiger partial charge in [-0.05, 0) is 6.42 Å². The average molecular weight is 227 g/mol. The first-order valence-corrected chi connectivity index (χ1v) is 5.69. The second-order valence-corrected chi connectivity index (χ2v) is 5.33. The summed E-state index contributed by atoms with van der Waals surface area (Å²) in [6.45, 7) is 6.23. The smallest absolute Gasteiger partial charge is 0.228 e. The van der Waals surface area contributed by atoms with Crippen LogP contribution in [0.1, 0.15) is 33.6 Å². The fourth-order valence-electron chi connectivity index (χ4n) is 1.99.